The van der Waals surface area contributed by atoms with Crippen molar-refractivity contribution in [2.24, 2.45) is 0 Å². The quantitative estimate of drug-likeness (QED) is 0.912. The molecule has 4 heteroatoms. The number of carbonyl (C=O) groups excluding carboxylic acids is 1. The molecule has 0 aromatic carbocycles. The lowest BCUT2D eigenvalue weighted by Crippen LogP contribution is -2.54. The van der Waals surface area contributed by atoms with E-state index in [4.69, 9.17) is 0 Å². The number of carbonyl (C=O) groups is 1. The van der Waals surface area contributed by atoms with Crippen LogP contribution in [0.15, 0.2) is 11.4 Å². The zero-order chi connectivity index (χ0) is 13.3. The maximum atomic E-state index is 12.6. The summed E-state index contributed by atoms with van der Waals surface area (Å²) in [7, 11) is 1.85. The zero-order valence-electron chi connectivity index (χ0n) is 11.6. The molecule has 0 spiro atoms. The van der Waals surface area contributed by atoms with Crippen LogP contribution in [-0.4, -0.2) is 29.9 Å². The van der Waals surface area contributed by atoms with Gasteiger partial charge < -0.3 is 10.2 Å². The van der Waals surface area contributed by atoms with Crippen molar-refractivity contribution < 1.29 is 4.79 Å². The minimum atomic E-state index is -0.485. The summed E-state index contributed by atoms with van der Waals surface area (Å²) >= 11 is 1.82. The molecule has 1 atom stereocenters. The fourth-order valence-electron chi connectivity index (χ4n) is 2.55. The van der Waals surface area contributed by atoms with Gasteiger partial charge in [0.1, 0.15) is 0 Å². The Morgan fingerprint density at radius 2 is 2.33 bits per heavy atom. The summed E-state index contributed by atoms with van der Waals surface area (Å²) in [5, 5.41) is 5.26. The van der Waals surface area contributed by atoms with E-state index in [2.05, 4.69) is 23.7 Å². The topological polar surface area (TPSA) is 32.3 Å². The number of hydrogen-bond donors (Lipinski definition) is 1. The van der Waals surface area contributed by atoms with Crippen molar-refractivity contribution in [3.8, 4) is 0 Å². The van der Waals surface area contributed by atoms with Crippen LogP contribution in [0.5, 0.6) is 0 Å². The average Bonchev–Trinajstić information content (AvgIpc) is 2.84. The number of nitrogens with zero attached hydrogens (tertiary/aromatic N) is 1. The predicted octanol–water partition coefficient (Wildman–Crippen LogP) is 2.58. The van der Waals surface area contributed by atoms with Crippen molar-refractivity contribution in [1.82, 2.24) is 10.2 Å². The van der Waals surface area contributed by atoms with E-state index in [-0.39, 0.29) is 11.9 Å². The van der Waals surface area contributed by atoms with Crippen molar-refractivity contribution in [3.05, 3.63) is 21.9 Å². The first kappa shape index (κ1) is 13.6. The van der Waals surface area contributed by atoms with E-state index in [0.717, 1.165) is 19.4 Å². The molecule has 0 aliphatic carbocycles. The summed E-state index contributed by atoms with van der Waals surface area (Å²) in [5.41, 5.74) is 0.870. The number of amides is 1. The van der Waals surface area contributed by atoms with Crippen LogP contribution in [0.1, 0.15) is 43.7 Å². The van der Waals surface area contributed by atoms with Gasteiger partial charge in [-0.2, -0.15) is 0 Å². The van der Waals surface area contributed by atoms with Crippen molar-refractivity contribution in [1.29, 1.82) is 0 Å². The van der Waals surface area contributed by atoms with Gasteiger partial charge in [-0.15, -0.1) is 11.3 Å². The molecule has 1 aliphatic heterocycles. The molecule has 1 aromatic rings. The molecule has 2 rings (SSSR count). The van der Waals surface area contributed by atoms with Gasteiger partial charge in [0.25, 0.3) is 0 Å². The highest BCUT2D eigenvalue weighted by molar-refractivity contribution is 7.10. The summed E-state index contributed by atoms with van der Waals surface area (Å²) in [5.74, 6) is 0.203. The summed E-state index contributed by atoms with van der Waals surface area (Å²) < 4.78 is 0. The monoisotopic (exact) mass is 266 g/mol. The Morgan fingerprint density at radius 3 is 2.94 bits per heavy atom. The average molecular weight is 266 g/mol. The van der Waals surface area contributed by atoms with Gasteiger partial charge in [0.05, 0.1) is 11.6 Å². The molecule has 100 valence electrons. The van der Waals surface area contributed by atoms with E-state index in [1.807, 2.05) is 37.1 Å². The lowest BCUT2D eigenvalue weighted by atomic mass is 9.94. The van der Waals surface area contributed by atoms with Gasteiger partial charge in [0, 0.05) is 11.4 Å². The van der Waals surface area contributed by atoms with E-state index in [1.54, 1.807) is 0 Å². The second-order valence-electron chi connectivity index (χ2n) is 5.35. The standard InChI is InChI=1S/C14H22N2OS/c1-5-11-10-7-9-18-12(10)6-8-16(11)13(17)14(2,3)15-4/h7,9,11,15H,5-6,8H2,1-4H3. The molecular formula is C14H22N2OS. The van der Waals surface area contributed by atoms with Crippen molar-refractivity contribution in [2.45, 2.75) is 45.2 Å². The third-order valence-corrected chi connectivity index (χ3v) is 4.90. The van der Waals surface area contributed by atoms with Crippen LogP contribution in [0.3, 0.4) is 0 Å². The Hall–Kier alpha value is -0.870. The predicted molar refractivity (Wildman–Crippen MR) is 75.9 cm³/mol. The highest BCUT2D eigenvalue weighted by atomic mass is 32.1. The second kappa shape index (κ2) is 5.02. The molecular weight excluding hydrogens is 244 g/mol. The molecule has 0 bridgehead atoms. The summed E-state index contributed by atoms with van der Waals surface area (Å²) in [4.78, 5) is 16.1. The number of hydrogen-bond acceptors (Lipinski definition) is 3. The van der Waals surface area contributed by atoms with E-state index in [9.17, 15) is 4.79 Å². The SMILES string of the molecule is CCC1c2ccsc2CCN1C(=O)C(C)(C)NC. The highest BCUT2D eigenvalue weighted by Crippen LogP contribution is 2.36. The Bertz CT molecular complexity index is 439. The molecule has 1 aliphatic rings. The third-order valence-electron chi connectivity index (χ3n) is 3.90. The molecule has 1 unspecified atom stereocenters. The first-order chi connectivity index (χ1) is 8.51. The molecule has 0 fully saturated rings. The number of nitrogens with one attached hydrogen (secondary N) is 1. The lowest BCUT2D eigenvalue weighted by molar-refractivity contribution is -0.140. The third kappa shape index (κ3) is 2.19. The Balaban J connectivity index is 2.28. The molecule has 2 heterocycles. The Labute approximate surface area is 113 Å². The van der Waals surface area contributed by atoms with Gasteiger partial charge in [0.2, 0.25) is 5.91 Å². The number of fused-ring (bicyclic) bond motifs is 1. The largest absolute Gasteiger partial charge is 0.334 e. The van der Waals surface area contributed by atoms with E-state index >= 15 is 0 Å². The second-order valence-corrected chi connectivity index (χ2v) is 6.35. The van der Waals surface area contributed by atoms with Gasteiger partial charge in [-0.1, -0.05) is 6.92 Å². The summed E-state index contributed by atoms with van der Waals surface area (Å²) in [6, 6.07) is 2.43. The van der Waals surface area contributed by atoms with Crippen molar-refractivity contribution in [2.75, 3.05) is 13.6 Å². The fraction of sp³-hybridized carbons (Fsp3) is 0.643. The van der Waals surface area contributed by atoms with Gasteiger partial charge in [-0.05, 0) is 50.7 Å². The normalized spacial score (nSPS) is 19.8. The van der Waals surface area contributed by atoms with Crippen LogP contribution in [-0.2, 0) is 11.2 Å². The van der Waals surface area contributed by atoms with Gasteiger partial charge in [0.15, 0.2) is 0 Å². The lowest BCUT2D eigenvalue weighted by Gasteiger charge is -2.40. The molecule has 3 nitrogen and oxygen atoms in total. The van der Waals surface area contributed by atoms with Gasteiger partial charge >= 0.3 is 0 Å². The number of thiophene rings is 1. The van der Waals surface area contributed by atoms with Crippen LogP contribution in [0, 0.1) is 0 Å². The minimum absolute atomic E-state index is 0.203. The number of rotatable bonds is 3. The van der Waals surface area contributed by atoms with Crippen LogP contribution >= 0.6 is 11.3 Å². The smallest absolute Gasteiger partial charge is 0.242 e. The molecule has 1 aromatic heterocycles. The van der Waals surface area contributed by atoms with Gasteiger partial charge in [-0.3, -0.25) is 4.79 Å². The molecule has 0 radical (unpaired) electrons. The highest BCUT2D eigenvalue weighted by Gasteiger charge is 2.37. The van der Waals surface area contributed by atoms with Crippen LogP contribution in [0.25, 0.3) is 0 Å². The zero-order valence-corrected chi connectivity index (χ0v) is 12.4. The first-order valence-corrected chi connectivity index (χ1v) is 7.45. The fourth-order valence-corrected chi connectivity index (χ4v) is 3.47. The van der Waals surface area contributed by atoms with Crippen molar-refractivity contribution >= 4 is 17.2 Å². The van der Waals surface area contributed by atoms with E-state index in [0.29, 0.717) is 0 Å². The first-order valence-electron chi connectivity index (χ1n) is 6.57. The van der Waals surface area contributed by atoms with Crippen LogP contribution in [0.4, 0.5) is 0 Å². The molecule has 0 saturated heterocycles. The maximum absolute atomic E-state index is 12.6. The minimum Gasteiger partial charge on any atom is -0.334 e. The molecule has 1 amide bonds. The van der Waals surface area contributed by atoms with E-state index < -0.39 is 5.54 Å². The summed E-state index contributed by atoms with van der Waals surface area (Å²) in [6.45, 7) is 6.90. The van der Waals surface area contributed by atoms with Gasteiger partial charge in [-0.25, -0.2) is 0 Å². The van der Waals surface area contributed by atoms with E-state index in [1.165, 1.54) is 10.4 Å². The van der Waals surface area contributed by atoms with Crippen LogP contribution < -0.4 is 5.32 Å². The Morgan fingerprint density at radius 1 is 1.61 bits per heavy atom. The molecule has 0 saturated carbocycles. The molecule has 18 heavy (non-hydrogen) atoms. The summed E-state index contributed by atoms with van der Waals surface area (Å²) in [6.07, 6.45) is 1.98. The maximum Gasteiger partial charge on any atom is 0.242 e. The molecule has 1 N–H and O–H groups in total. The van der Waals surface area contributed by atoms with Crippen molar-refractivity contribution in [3.63, 3.8) is 0 Å². The number of likely N-dealkylation sites (N-methyl/N-ethyl adjacent to an activating group) is 1. The Kier molecular flexibility index (Phi) is 3.78. The van der Waals surface area contributed by atoms with Crippen LogP contribution in [0.2, 0.25) is 0 Å².